The Morgan fingerprint density at radius 1 is 0.929 bits per heavy atom. The smallest absolute Gasteiger partial charge is 0.321 e. The first-order chi connectivity index (χ1) is 13.1. The Morgan fingerprint density at radius 3 is 1.96 bits per heavy atom. The van der Waals surface area contributed by atoms with Gasteiger partial charge in [0.15, 0.2) is 4.73 Å². The second-order valence-corrected chi connectivity index (χ2v) is 8.94. The normalized spacial score (nSPS) is 11.0. The van der Waals surface area contributed by atoms with Crippen molar-refractivity contribution >= 4 is 59.4 Å². The predicted octanol–water partition coefficient (Wildman–Crippen LogP) is 6.76. The molecule has 0 bridgehead atoms. The third-order valence-electron chi connectivity index (χ3n) is 3.47. The van der Waals surface area contributed by atoms with Crippen molar-refractivity contribution in [1.82, 2.24) is 29.5 Å². The molecule has 3 aromatic rings. The van der Waals surface area contributed by atoms with Crippen LogP contribution in [0.4, 0.5) is 0 Å². The molecule has 3 rings (SSSR count). The summed E-state index contributed by atoms with van der Waals surface area (Å²) in [4.78, 5) is 8.20. The van der Waals surface area contributed by atoms with E-state index in [9.17, 15) is 0 Å². The van der Waals surface area contributed by atoms with Gasteiger partial charge in [0.1, 0.15) is 5.75 Å². The summed E-state index contributed by atoms with van der Waals surface area (Å²) in [5.74, 6) is 0.646. The lowest BCUT2D eigenvalue weighted by molar-refractivity contribution is 0.376. The van der Waals surface area contributed by atoms with Gasteiger partial charge in [-0.3, -0.25) is 0 Å². The first-order valence-corrected chi connectivity index (χ1v) is 11.2. The minimum Gasteiger partial charge on any atom is -0.424 e. The summed E-state index contributed by atoms with van der Waals surface area (Å²) in [7, 11) is 0. The molecule has 11 heteroatoms. The number of ether oxygens (including phenoxy) is 1. The molecule has 0 saturated carbocycles. The van der Waals surface area contributed by atoms with E-state index < -0.39 is 0 Å². The highest BCUT2D eigenvalue weighted by Crippen LogP contribution is 2.27. The van der Waals surface area contributed by atoms with E-state index >= 15 is 0 Å². The van der Waals surface area contributed by atoms with Gasteiger partial charge in [-0.05, 0) is 100 Å². The number of aryl methyl sites for hydroxylation is 1. The topological polar surface area (TPSA) is 70.7 Å². The van der Waals surface area contributed by atoms with E-state index in [1.54, 1.807) is 15.4 Å². The van der Waals surface area contributed by atoms with Gasteiger partial charge in [-0.1, -0.05) is 17.7 Å². The second-order valence-electron chi connectivity index (χ2n) is 6.40. The zero-order valence-corrected chi connectivity index (χ0v) is 21.5. The molecule has 0 amide bonds. The lowest BCUT2D eigenvalue weighted by atomic mass is 10.2. The van der Waals surface area contributed by atoms with Crippen LogP contribution in [0.2, 0.25) is 5.02 Å². The Balaban J connectivity index is 0.000000237. The van der Waals surface area contributed by atoms with Gasteiger partial charge in [0, 0.05) is 11.1 Å². The molecule has 152 valence electrons. The Kier molecular flexibility index (Phi) is 8.47. The molecule has 2 heterocycles. The predicted molar refractivity (Wildman–Crippen MR) is 120 cm³/mol. The van der Waals surface area contributed by atoms with Crippen molar-refractivity contribution in [2.45, 2.75) is 46.7 Å². The third-order valence-corrected chi connectivity index (χ3v) is 5.09. The van der Waals surface area contributed by atoms with Crippen LogP contribution in [0.5, 0.6) is 11.8 Å². The van der Waals surface area contributed by atoms with Gasteiger partial charge in [-0.15, -0.1) is 10.2 Å². The highest BCUT2D eigenvalue weighted by atomic mass is 79.9. The monoisotopic (exact) mass is 596 g/mol. The summed E-state index contributed by atoms with van der Waals surface area (Å²) in [5, 5.41) is 8.96. The maximum atomic E-state index is 6.06. The quantitative estimate of drug-likeness (QED) is 0.332. The van der Waals surface area contributed by atoms with E-state index in [1.807, 2.05) is 46.8 Å². The first kappa shape index (κ1) is 23.3. The van der Waals surface area contributed by atoms with Crippen molar-refractivity contribution in [2.75, 3.05) is 0 Å². The van der Waals surface area contributed by atoms with Crippen LogP contribution >= 0.6 is 59.4 Å². The minimum absolute atomic E-state index is 0.166. The van der Waals surface area contributed by atoms with E-state index in [0.29, 0.717) is 32.3 Å². The van der Waals surface area contributed by atoms with Gasteiger partial charge >= 0.3 is 6.01 Å². The van der Waals surface area contributed by atoms with Crippen molar-refractivity contribution < 1.29 is 4.74 Å². The SMILES string of the molecule is CC(C)n1nc(Br)nc1Br.Cc1ccc(Oc2nc(Br)nn2C(C)C)cc1Cl. The minimum atomic E-state index is 0.166. The molecule has 0 saturated heterocycles. The van der Waals surface area contributed by atoms with Crippen LogP contribution in [-0.4, -0.2) is 29.5 Å². The number of rotatable bonds is 4. The number of nitrogens with zero attached hydrogens (tertiary/aromatic N) is 6. The Labute approximate surface area is 194 Å². The van der Waals surface area contributed by atoms with Crippen LogP contribution in [0.1, 0.15) is 45.3 Å². The van der Waals surface area contributed by atoms with Crippen LogP contribution in [-0.2, 0) is 0 Å². The fourth-order valence-electron chi connectivity index (χ4n) is 2.04. The number of benzene rings is 1. The highest BCUT2D eigenvalue weighted by molar-refractivity contribution is 9.11. The molecule has 0 unspecified atom stereocenters. The standard InChI is InChI=1S/C12H13BrClN3O.C5H7Br2N3/c1-7(2)17-12(15-11(13)16-17)18-9-5-4-8(3)10(14)6-9;1-3(2)10-5(7)8-4(6)9-10/h4-7H,1-3H3;3H,1-2H3. The van der Waals surface area contributed by atoms with Crippen molar-refractivity contribution in [1.29, 1.82) is 0 Å². The Morgan fingerprint density at radius 2 is 1.50 bits per heavy atom. The lowest BCUT2D eigenvalue weighted by Crippen LogP contribution is -2.05. The van der Waals surface area contributed by atoms with Crippen LogP contribution in [0.3, 0.4) is 0 Å². The zero-order chi connectivity index (χ0) is 21.0. The summed E-state index contributed by atoms with van der Waals surface area (Å²) in [6, 6.07) is 6.48. The summed E-state index contributed by atoms with van der Waals surface area (Å²) < 4.78 is 11.1. The lowest BCUT2D eigenvalue weighted by Gasteiger charge is -2.10. The molecule has 0 fully saturated rings. The van der Waals surface area contributed by atoms with Crippen LogP contribution < -0.4 is 4.74 Å². The summed E-state index contributed by atoms with van der Waals surface area (Å²) in [6.07, 6.45) is 0. The van der Waals surface area contributed by atoms with Crippen LogP contribution in [0.25, 0.3) is 0 Å². The molecule has 7 nitrogen and oxygen atoms in total. The Hall–Kier alpha value is -0.970. The Bertz CT molecular complexity index is 941. The molecule has 1 aromatic carbocycles. The molecular formula is C17H20Br3ClN6O. The highest BCUT2D eigenvalue weighted by Gasteiger charge is 2.13. The molecule has 2 aromatic heterocycles. The maximum absolute atomic E-state index is 6.06. The number of hydrogen-bond acceptors (Lipinski definition) is 5. The maximum Gasteiger partial charge on any atom is 0.321 e. The van der Waals surface area contributed by atoms with Gasteiger partial charge in [-0.2, -0.15) is 9.97 Å². The molecule has 0 N–H and O–H groups in total. The van der Waals surface area contributed by atoms with E-state index in [2.05, 4.69) is 68.0 Å². The summed E-state index contributed by atoms with van der Waals surface area (Å²) >= 11 is 15.8. The molecular weight excluding hydrogens is 579 g/mol. The molecule has 28 heavy (non-hydrogen) atoms. The van der Waals surface area contributed by atoms with Crippen molar-refractivity contribution in [2.24, 2.45) is 0 Å². The molecule has 0 aliphatic rings. The van der Waals surface area contributed by atoms with Crippen LogP contribution in [0.15, 0.2) is 32.4 Å². The van der Waals surface area contributed by atoms with Gasteiger partial charge in [-0.25, -0.2) is 9.36 Å². The van der Waals surface area contributed by atoms with Crippen molar-refractivity contribution in [3.63, 3.8) is 0 Å². The zero-order valence-electron chi connectivity index (χ0n) is 16.0. The fraction of sp³-hybridized carbons (Fsp3) is 0.412. The van der Waals surface area contributed by atoms with Gasteiger partial charge < -0.3 is 4.74 Å². The van der Waals surface area contributed by atoms with Gasteiger partial charge in [0.25, 0.3) is 0 Å². The number of hydrogen-bond donors (Lipinski definition) is 0. The van der Waals surface area contributed by atoms with Gasteiger partial charge in [0.05, 0.1) is 6.04 Å². The molecule has 0 atom stereocenters. The average molecular weight is 600 g/mol. The van der Waals surface area contributed by atoms with E-state index in [-0.39, 0.29) is 6.04 Å². The molecule has 0 radical (unpaired) electrons. The van der Waals surface area contributed by atoms with Crippen molar-refractivity contribution in [3.8, 4) is 11.8 Å². The van der Waals surface area contributed by atoms with E-state index in [1.165, 1.54) is 0 Å². The van der Waals surface area contributed by atoms with Crippen molar-refractivity contribution in [3.05, 3.63) is 43.0 Å². The number of aromatic nitrogens is 6. The largest absolute Gasteiger partial charge is 0.424 e. The first-order valence-electron chi connectivity index (χ1n) is 8.42. The average Bonchev–Trinajstić information content (AvgIpc) is 3.13. The second kappa shape index (κ2) is 10.2. The summed E-state index contributed by atoms with van der Waals surface area (Å²) in [5.41, 5.74) is 1.01. The molecule has 0 aliphatic heterocycles. The molecule has 0 aliphatic carbocycles. The van der Waals surface area contributed by atoms with Crippen LogP contribution in [0, 0.1) is 6.92 Å². The fourth-order valence-corrected chi connectivity index (χ4v) is 3.77. The van der Waals surface area contributed by atoms with E-state index in [4.69, 9.17) is 16.3 Å². The van der Waals surface area contributed by atoms with E-state index in [0.717, 1.165) is 10.3 Å². The third kappa shape index (κ3) is 6.27. The van der Waals surface area contributed by atoms with Gasteiger partial charge in [0.2, 0.25) is 9.47 Å². The summed E-state index contributed by atoms with van der Waals surface area (Å²) in [6.45, 7) is 10.1. The molecule has 0 spiro atoms. The number of halogens is 4.